The average molecular weight is 269 g/mol. The number of pyridine rings is 1. The van der Waals surface area contributed by atoms with Gasteiger partial charge in [0.15, 0.2) is 0 Å². The molecule has 3 rings (SSSR count). The van der Waals surface area contributed by atoms with Crippen molar-refractivity contribution in [2.75, 3.05) is 26.2 Å². The predicted molar refractivity (Wildman–Crippen MR) is 79.6 cm³/mol. The number of para-hydroxylation sites is 1. The largest absolute Gasteiger partial charge is 0.340 e. The molecular formula is C16H19N3O. The molecule has 1 fully saturated rings. The number of carbonyl (C=O) groups is 1. The number of aromatic nitrogens is 1. The standard InChI is InChI=1S/C16H19N3O/c1-12-3-2-4-13-5-6-14(18-16(12)13)11-15(20)19-9-7-17-8-10-19/h2-6,17H,7-11H2,1H3. The predicted octanol–water partition coefficient (Wildman–Crippen LogP) is 1.52. The Morgan fingerprint density at radius 3 is 2.85 bits per heavy atom. The quantitative estimate of drug-likeness (QED) is 0.899. The van der Waals surface area contributed by atoms with Gasteiger partial charge in [-0.25, -0.2) is 0 Å². The molecule has 4 heteroatoms. The highest BCUT2D eigenvalue weighted by Gasteiger charge is 2.17. The molecule has 4 nitrogen and oxygen atoms in total. The fourth-order valence-electron chi connectivity index (χ4n) is 2.62. The molecule has 1 aromatic carbocycles. The number of amides is 1. The SMILES string of the molecule is Cc1cccc2ccc(CC(=O)N3CCNCC3)nc12. The zero-order valence-corrected chi connectivity index (χ0v) is 11.7. The van der Waals surface area contributed by atoms with Gasteiger partial charge < -0.3 is 10.2 Å². The zero-order valence-electron chi connectivity index (χ0n) is 11.7. The molecule has 1 amide bonds. The van der Waals surface area contributed by atoms with Crippen LogP contribution in [0, 0.1) is 6.92 Å². The van der Waals surface area contributed by atoms with Crippen LogP contribution in [-0.2, 0) is 11.2 Å². The molecule has 1 saturated heterocycles. The summed E-state index contributed by atoms with van der Waals surface area (Å²) in [6.07, 6.45) is 0.393. The summed E-state index contributed by atoms with van der Waals surface area (Å²) in [5.74, 6) is 0.173. The molecule has 104 valence electrons. The van der Waals surface area contributed by atoms with Gasteiger partial charge in [-0.1, -0.05) is 24.3 Å². The van der Waals surface area contributed by atoms with E-state index in [1.54, 1.807) is 0 Å². The van der Waals surface area contributed by atoms with Crippen LogP contribution in [-0.4, -0.2) is 42.0 Å². The lowest BCUT2D eigenvalue weighted by atomic mass is 10.1. The molecule has 0 bridgehead atoms. The van der Waals surface area contributed by atoms with E-state index in [-0.39, 0.29) is 5.91 Å². The monoisotopic (exact) mass is 269 g/mol. The number of hydrogen-bond donors (Lipinski definition) is 1. The molecule has 0 aliphatic carbocycles. The van der Waals surface area contributed by atoms with Crippen LogP contribution in [0.3, 0.4) is 0 Å². The maximum Gasteiger partial charge on any atom is 0.228 e. The van der Waals surface area contributed by atoms with Crippen LogP contribution >= 0.6 is 0 Å². The van der Waals surface area contributed by atoms with Crippen molar-refractivity contribution in [3.8, 4) is 0 Å². The Kier molecular flexibility index (Phi) is 3.65. The molecule has 0 unspecified atom stereocenters. The van der Waals surface area contributed by atoms with Crippen molar-refractivity contribution in [3.63, 3.8) is 0 Å². The fourth-order valence-corrected chi connectivity index (χ4v) is 2.62. The number of aryl methyl sites for hydroxylation is 1. The van der Waals surface area contributed by atoms with Crippen molar-refractivity contribution in [1.82, 2.24) is 15.2 Å². The summed E-state index contributed by atoms with van der Waals surface area (Å²) in [6.45, 7) is 5.42. The second-order valence-corrected chi connectivity index (χ2v) is 5.26. The highest BCUT2D eigenvalue weighted by atomic mass is 16.2. The lowest BCUT2D eigenvalue weighted by molar-refractivity contribution is -0.131. The van der Waals surface area contributed by atoms with Gasteiger partial charge in [0, 0.05) is 31.6 Å². The highest BCUT2D eigenvalue weighted by Crippen LogP contribution is 2.17. The lowest BCUT2D eigenvalue weighted by Gasteiger charge is -2.27. The molecule has 0 radical (unpaired) electrons. The molecule has 1 aliphatic heterocycles. The van der Waals surface area contributed by atoms with E-state index in [0.29, 0.717) is 6.42 Å². The maximum absolute atomic E-state index is 12.2. The normalized spacial score (nSPS) is 15.6. The first-order valence-corrected chi connectivity index (χ1v) is 7.08. The molecular weight excluding hydrogens is 250 g/mol. The van der Waals surface area contributed by atoms with Crippen LogP contribution in [0.5, 0.6) is 0 Å². The summed E-state index contributed by atoms with van der Waals surface area (Å²) in [7, 11) is 0. The maximum atomic E-state index is 12.2. The average Bonchev–Trinajstić information content (AvgIpc) is 2.49. The van der Waals surface area contributed by atoms with E-state index >= 15 is 0 Å². The van der Waals surface area contributed by atoms with Gasteiger partial charge in [0.2, 0.25) is 5.91 Å². The van der Waals surface area contributed by atoms with Crippen molar-refractivity contribution in [1.29, 1.82) is 0 Å². The topological polar surface area (TPSA) is 45.2 Å². The number of rotatable bonds is 2. The van der Waals surface area contributed by atoms with Crippen LogP contribution in [0.4, 0.5) is 0 Å². The number of fused-ring (bicyclic) bond motifs is 1. The van der Waals surface area contributed by atoms with E-state index in [2.05, 4.69) is 35.4 Å². The van der Waals surface area contributed by atoms with Gasteiger partial charge in [-0.05, 0) is 18.6 Å². The molecule has 0 atom stereocenters. The van der Waals surface area contributed by atoms with Gasteiger partial charge in [0.1, 0.15) is 0 Å². The van der Waals surface area contributed by atoms with Crippen molar-refractivity contribution in [2.45, 2.75) is 13.3 Å². The van der Waals surface area contributed by atoms with Crippen molar-refractivity contribution in [3.05, 3.63) is 41.6 Å². The number of benzene rings is 1. The number of nitrogens with one attached hydrogen (secondary N) is 1. The summed E-state index contributed by atoms with van der Waals surface area (Å²) >= 11 is 0. The Balaban J connectivity index is 1.80. The van der Waals surface area contributed by atoms with Crippen molar-refractivity contribution >= 4 is 16.8 Å². The highest BCUT2D eigenvalue weighted by molar-refractivity contribution is 5.83. The first kappa shape index (κ1) is 13.1. The third kappa shape index (κ3) is 2.65. The molecule has 2 aromatic rings. The zero-order chi connectivity index (χ0) is 13.9. The van der Waals surface area contributed by atoms with Crippen LogP contribution in [0.1, 0.15) is 11.3 Å². The Hall–Kier alpha value is -1.94. The Morgan fingerprint density at radius 1 is 1.25 bits per heavy atom. The molecule has 0 spiro atoms. The molecule has 1 aromatic heterocycles. The van der Waals surface area contributed by atoms with Crippen LogP contribution in [0.2, 0.25) is 0 Å². The molecule has 20 heavy (non-hydrogen) atoms. The number of nitrogens with zero attached hydrogens (tertiary/aromatic N) is 2. The van der Waals surface area contributed by atoms with E-state index in [0.717, 1.165) is 48.3 Å². The van der Waals surface area contributed by atoms with Gasteiger partial charge in [-0.15, -0.1) is 0 Å². The van der Waals surface area contributed by atoms with Gasteiger partial charge in [0.05, 0.1) is 17.6 Å². The van der Waals surface area contributed by atoms with E-state index in [4.69, 9.17) is 0 Å². The van der Waals surface area contributed by atoms with Gasteiger partial charge >= 0.3 is 0 Å². The number of piperazine rings is 1. The van der Waals surface area contributed by atoms with E-state index in [1.807, 2.05) is 17.0 Å². The summed E-state index contributed by atoms with van der Waals surface area (Å²) < 4.78 is 0. The minimum Gasteiger partial charge on any atom is -0.340 e. The van der Waals surface area contributed by atoms with E-state index < -0.39 is 0 Å². The lowest BCUT2D eigenvalue weighted by Crippen LogP contribution is -2.47. The second-order valence-electron chi connectivity index (χ2n) is 5.26. The molecule has 1 aliphatic rings. The smallest absolute Gasteiger partial charge is 0.228 e. The fraction of sp³-hybridized carbons (Fsp3) is 0.375. The van der Waals surface area contributed by atoms with Gasteiger partial charge in [-0.3, -0.25) is 9.78 Å². The summed E-state index contributed by atoms with van der Waals surface area (Å²) in [5, 5.41) is 4.38. The van der Waals surface area contributed by atoms with Crippen molar-refractivity contribution in [2.24, 2.45) is 0 Å². The third-order valence-electron chi connectivity index (χ3n) is 3.78. The number of hydrogen-bond acceptors (Lipinski definition) is 3. The molecule has 1 N–H and O–H groups in total. The van der Waals surface area contributed by atoms with Crippen LogP contribution in [0.25, 0.3) is 10.9 Å². The Labute approximate surface area is 118 Å². The van der Waals surface area contributed by atoms with Gasteiger partial charge in [-0.2, -0.15) is 0 Å². The van der Waals surface area contributed by atoms with E-state index in [9.17, 15) is 4.79 Å². The van der Waals surface area contributed by atoms with Crippen LogP contribution < -0.4 is 5.32 Å². The Bertz CT molecular complexity index is 633. The summed E-state index contributed by atoms with van der Waals surface area (Å²) in [6, 6.07) is 10.1. The van der Waals surface area contributed by atoms with E-state index in [1.165, 1.54) is 0 Å². The second kappa shape index (κ2) is 5.59. The van der Waals surface area contributed by atoms with Crippen LogP contribution in [0.15, 0.2) is 30.3 Å². The molecule has 2 heterocycles. The van der Waals surface area contributed by atoms with Gasteiger partial charge in [0.25, 0.3) is 0 Å². The summed E-state index contributed by atoms with van der Waals surface area (Å²) in [5.41, 5.74) is 3.01. The van der Waals surface area contributed by atoms with Crippen molar-refractivity contribution < 1.29 is 4.79 Å². The molecule has 0 saturated carbocycles. The third-order valence-corrected chi connectivity index (χ3v) is 3.78. The first-order chi connectivity index (χ1) is 9.74. The number of carbonyl (C=O) groups excluding carboxylic acids is 1. The Morgan fingerprint density at radius 2 is 2.05 bits per heavy atom. The minimum atomic E-state index is 0.173. The first-order valence-electron chi connectivity index (χ1n) is 7.08. The minimum absolute atomic E-state index is 0.173. The summed E-state index contributed by atoms with van der Waals surface area (Å²) in [4.78, 5) is 18.8.